The van der Waals surface area contributed by atoms with E-state index in [0.29, 0.717) is 19.5 Å². The van der Waals surface area contributed by atoms with Gasteiger partial charge in [-0.3, -0.25) is 9.48 Å². The number of fused-ring (bicyclic) bond motifs is 1. The van der Waals surface area contributed by atoms with Crippen LogP contribution in [0.4, 0.5) is 0 Å². The van der Waals surface area contributed by atoms with Crippen molar-refractivity contribution >= 4 is 5.91 Å². The Hall–Kier alpha value is -3.09. The van der Waals surface area contributed by atoms with Gasteiger partial charge >= 0.3 is 0 Å². The van der Waals surface area contributed by atoms with Crippen molar-refractivity contribution in [1.29, 1.82) is 0 Å². The lowest BCUT2D eigenvalue weighted by Gasteiger charge is -2.26. The molecule has 1 aliphatic heterocycles. The van der Waals surface area contributed by atoms with Gasteiger partial charge in [0.05, 0.1) is 19.3 Å². The van der Waals surface area contributed by atoms with Gasteiger partial charge in [-0.25, -0.2) is 0 Å². The molecule has 7 heteroatoms. The number of benzene rings is 1. The molecule has 134 valence electrons. The normalized spacial score (nSPS) is 13.5. The molecule has 0 bridgehead atoms. The van der Waals surface area contributed by atoms with Crippen molar-refractivity contribution in [3.8, 4) is 17.0 Å². The molecule has 0 atom stereocenters. The molecule has 1 aromatic carbocycles. The number of rotatable bonds is 4. The van der Waals surface area contributed by atoms with Crippen molar-refractivity contribution in [2.45, 2.75) is 26.4 Å². The monoisotopic (exact) mass is 352 g/mol. The van der Waals surface area contributed by atoms with E-state index in [0.717, 1.165) is 34.0 Å². The van der Waals surface area contributed by atoms with Crippen molar-refractivity contribution < 1.29 is 14.1 Å². The zero-order valence-electron chi connectivity index (χ0n) is 14.8. The predicted molar refractivity (Wildman–Crippen MR) is 94.6 cm³/mol. The lowest BCUT2D eigenvalue weighted by atomic mass is 10.0. The Morgan fingerprint density at radius 3 is 3.00 bits per heavy atom. The maximum atomic E-state index is 12.7. The highest BCUT2D eigenvalue weighted by atomic mass is 16.5. The van der Waals surface area contributed by atoms with Crippen molar-refractivity contribution in [2.24, 2.45) is 0 Å². The van der Waals surface area contributed by atoms with Crippen LogP contribution < -0.4 is 4.74 Å². The van der Waals surface area contributed by atoms with Crippen molar-refractivity contribution in [1.82, 2.24) is 19.8 Å². The molecule has 26 heavy (non-hydrogen) atoms. The van der Waals surface area contributed by atoms with Gasteiger partial charge in [-0.05, 0) is 25.1 Å². The Kier molecular flexibility index (Phi) is 4.20. The number of nitrogens with zero attached hydrogens (tertiary/aromatic N) is 4. The van der Waals surface area contributed by atoms with E-state index < -0.39 is 0 Å². The fourth-order valence-electron chi connectivity index (χ4n) is 3.21. The van der Waals surface area contributed by atoms with Gasteiger partial charge < -0.3 is 14.2 Å². The predicted octanol–water partition coefficient (Wildman–Crippen LogP) is 2.44. The summed E-state index contributed by atoms with van der Waals surface area (Å²) in [5, 5.41) is 8.53. The Morgan fingerprint density at radius 2 is 2.23 bits per heavy atom. The summed E-state index contributed by atoms with van der Waals surface area (Å²) < 4.78 is 12.5. The van der Waals surface area contributed by atoms with Crippen molar-refractivity contribution in [3.63, 3.8) is 0 Å². The molecule has 4 rings (SSSR count). The molecule has 0 radical (unpaired) electrons. The van der Waals surface area contributed by atoms with Crippen molar-refractivity contribution in [2.75, 3.05) is 13.7 Å². The van der Waals surface area contributed by atoms with Crippen LogP contribution in [0.1, 0.15) is 17.0 Å². The van der Waals surface area contributed by atoms with Gasteiger partial charge in [0.1, 0.15) is 23.7 Å². The minimum Gasteiger partial charge on any atom is -0.497 e. The molecule has 0 saturated carbocycles. The van der Waals surface area contributed by atoms with E-state index in [9.17, 15) is 4.79 Å². The number of hydrogen-bond acceptors (Lipinski definition) is 5. The van der Waals surface area contributed by atoms with Crippen LogP contribution in [0, 0.1) is 6.92 Å². The maximum absolute atomic E-state index is 12.7. The summed E-state index contributed by atoms with van der Waals surface area (Å²) in [4.78, 5) is 14.5. The van der Waals surface area contributed by atoms with Crippen LogP contribution in [0.15, 0.2) is 41.1 Å². The topological polar surface area (TPSA) is 73.4 Å². The van der Waals surface area contributed by atoms with Gasteiger partial charge in [-0.15, -0.1) is 0 Å². The Labute approximate surface area is 151 Å². The number of aryl methyl sites for hydroxylation is 1. The van der Waals surface area contributed by atoms with E-state index in [1.54, 1.807) is 11.8 Å². The summed E-state index contributed by atoms with van der Waals surface area (Å²) in [5.41, 5.74) is 3.56. The van der Waals surface area contributed by atoms with Crippen molar-refractivity contribution in [3.05, 3.63) is 53.5 Å². The maximum Gasteiger partial charge on any atom is 0.244 e. The molecule has 2 aromatic heterocycles. The Morgan fingerprint density at radius 1 is 1.35 bits per heavy atom. The molecule has 1 aliphatic rings. The van der Waals surface area contributed by atoms with E-state index in [4.69, 9.17) is 9.26 Å². The largest absolute Gasteiger partial charge is 0.497 e. The second-order valence-corrected chi connectivity index (χ2v) is 6.38. The number of aromatic nitrogens is 3. The molecule has 1 amide bonds. The summed E-state index contributed by atoms with van der Waals surface area (Å²) in [6.07, 6.45) is 2.49. The fraction of sp³-hybridized carbons (Fsp3) is 0.316. The lowest BCUT2D eigenvalue weighted by Crippen LogP contribution is -2.37. The van der Waals surface area contributed by atoms with Crippen LogP contribution in [0.3, 0.4) is 0 Å². The molecule has 3 heterocycles. The van der Waals surface area contributed by atoms with E-state index >= 15 is 0 Å². The molecule has 3 aromatic rings. The first-order chi connectivity index (χ1) is 12.6. The van der Waals surface area contributed by atoms with Crippen LogP contribution in [0.2, 0.25) is 0 Å². The summed E-state index contributed by atoms with van der Waals surface area (Å²) in [5.74, 6) is 1.65. The van der Waals surface area contributed by atoms with Crippen LogP contribution in [-0.4, -0.2) is 39.4 Å². The quantitative estimate of drug-likeness (QED) is 0.721. The standard InChI is InChI=1S/C19H20N4O3/c1-13-6-9-23(20-13)12-18(24)22-8-7-17-16(11-22)19(21-26-17)14-4-3-5-15(10-14)25-2/h3-6,9-10H,7-8,11-12H2,1-2H3. The highest BCUT2D eigenvalue weighted by Gasteiger charge is 2.27. The Balaban J connectivity index is 1.56. The first-order valence-corrected chi connectivity index (χ1v) is 8.53. The van der Waals surface area contributed by atoms with E-state index in [2.05, 4.69) is 10.3 Å². The molecule has 0 unspecified atom stereocenters. The zero-order chi connectivity index (χ0) is 18.1. The van der Waals surface area contributed by atoms with Crippen LogP contribution in [0.25, 0.3) is 11.3 Å². The van der Waals surface area contributed by atoms with E-state index in [1.165, 1.54) is 0 Å². The smallest absolute Gasteiger partial charge is 0.244 e. The van der Waals surface area contributed by atoms with E-state index in [1.807, 2.05) is 48.4 Å². The van der Waals surface area contributed by atoms with E-state index in [-0.39, 0.29) is 12.5 Å². The fourth-order valence-corrected chi connectivity index (χ4v) is 3.21. The lowest BCUT2D eigenvalue weighted by molar-refractivity contribution is -0.133. The Bertz CT molecular complexity index is 944. The van der Waals surface area contributed by atoms with Crippen LogP contribution in [-0.2, 0) is 24.3 Å². The highest BCUT2D eigenvalue weighted by Crippen LogP contribution is 2.31. The highest BCUT2D eigenvalue weighted by molar-refractivity contribution is 5.77. The third-order valence-corrected chi connectivity index (χ3v) is 4.59. The summed E-state index contributed by atoms with van der Waals surface area (Å²) in [6.45, 7) is 3.26. The molecule has 0 N–H and O–H groups in total. The number of carbonyl (C=O) groups excluding carboxylic acids is 1. The number of carbonyl (C=O) groups is 1. The van der Waals surface area contributed by atoms with Gasteiger partial charge in [0.15, 0.2) is 0 Å². The van der Waals surface area contributed by atoms with Crippen LogP contribution in [0.5, 0.6) is 5.75 Å². The van der Waals surface area contributed by atoms with Crippen LogP contribution >= 0.6 is 0 Å². The van der Waals surface area contributed by atoms with Gasteiger partial charge in [0, 0.05) is 30.3 Å². The molecule has 7 nitrogen and oxygen atoms in total. The number of ether oxygens (including phenoxy) is 1. The molecule has 0 aliphatic carbocycles. The minimum atomic E-state index is 0.0385. The number of amides is 1. The third-order valence-electron chi connectivity index (χ3n) is 4.59. The van der Waals surface area contributed by atoms with Gasteiger partial charge in [-0.2, -0.15) is 5.10 Å². The molecule has 0 spiro atoms. The average Bonchev–Trinajstić information content (AvgIpc) is 3.27. The minimum absolute atomic E-state index is 0.0385. The van der Waals surface area contributed by atoms with Gasteiger partial charge in [0.25, 0.3) is 0 Å². The van der Waals surface area contributed by atoms with Gasteiger partial charge in [-0.1, -0.05) is 17.3 Å². The third kappa shape index (κ3) is 3.08. The average molecular weight is 352 g/mol. The molecule has 0 saturated heterocycles. The second kappa shape index (κ2) is 6.67. The SMILES string of the molecule is COc1cccc(-c2noc3c2CN(C(=O)Cn2ccc(C)n2)CC3)c1. The van der Waals surface area contributed by atoms with Gasteiger partial charge in [0.2, 0.25) is 5.91 Å². The zero-order valence-corrected chi connectivity index (χ0v) is 14.8. The second-order valence-electron chi connectivity index (χ2n) is 6.38. The summed E-state index contributed by atoms with van der Waals surface area (Å²) in [6, 6.07) is 9.58. The molecular weight excluding hydrogens is 332 g/mol. The summed E-state index contributed by atoms with van der Waals surface area (Å²) in [7, 11) is 1.63. The first-order valence-electron chi connectivity index (χ1n) is 8.53. The molecule has 0 fully saturated rings. The number of hydrogen-bond donors (Lipinski definition) is 0. The summed E-state index contributed by atoms with van der Waals surface area (Å²) >= 11 is 0. The number of methoxy groups -OCH3 is 1. The first kappa shape index (κ1) is 16.4. The molecular formula is C19H20N4O3.